The Kier molecular flexibility index (Phi) is 6.18. The monoisotopic (exact) mass is 187 g/mol. The van der Waals surface area contributed by atoms with Gasteiger partial charge in [0.2, 0.25) is 0 Å². The number of aliphatic hydroxyl groups excluding tert-OH is 1. The minimum absolute atomic E-state index is 0.234. The first-order valence-electron chi connectivity index (χ1n) is 4.30. The molecule has 0 saturated carbocycles. The zero-order valence-corrected chi connectivity index (χ0v) is 8.06. The molecule has 2 atom stereocenters. The molecule has 3 N–H and O–H groups in total. The molecule has 0 aliphatic rings. The molecule has 0 amide bonds. The molecule has 0 radical (unpaired) electrons. The Hall–Kier alpha value is -0.870. The Labute approximate surface area is 78.4 Å². The molecule has 4 nitrogen and oxygen atoms in total. The molecule has 0 saturated heterocycles. The van der Waals surface area contributed by atoms with Gasteiger partial charge in [-0.2, -0.15) is 0 Å². The van der Waals surface area contributed by atoms with E-state index in [1.54, 1.807) is 6.08 Å². The van der Waals surface area contributed by atoms with Gasteiger partial charge < -0.3 is 15.6 Å². The maximum absolute atomic E-state index is 10.6. The largest absolute Gasteiger partial charge is 0.466 e. The van der Waals surface area contributed by atoms with Crippen LogP contribution in [0.5, 0.6) is 0 Å². The van der Waals surface area contributed by atoms with Gasteiger partial charge in [0, 0.05) is 12.1 Å². The number of rotatable bonds is 5. The van der Waals surface area contributed by atoms with Crippen LogP contribution >= 0.6 is 0 Å². The second-order valence-electron chi connectivity index (χ2n) is 2.80. The molecule has 13 heavy (non-hydrogen) atoms. The summed E-state index contributed by atoms with van der Waals surface area (Å²) in [6, 6.07) is -0.234. The third-order valence-electron chi connectivity index (χ3n) is 1.80. The first-order valence-corrected chi connectivity index (χ1v) is 4.30. The molecule has 0 heterocycles. The Balaban J connectivity index is 3.74. The van der Waals surface area contributed by atoms with Gasteiger partial charge in [0.05, 0.1) is 13.2 Å². The molecule has 0 rings (SSSR count). The molecule has 0 bridgehead atoms. The molecule has 0 aromatic rings. The van der Waals surface area contributed by atoms with E-state index in [4.69, 9.17) is 5.73 Å². The first-order chi connectivity index (χ1) is 6.11. The molecule has 0 fully saturated rings. The summed E-state index contributed by atoms with van der Waals surface area (Å²) >= 11 is 0. The fraction of sp³-hybridized carbons (Fsp3) is 0.667. The summed E-state index contributed by atoms with van der Waals surface area (Å²) in [7, 11) is 1.31. The number of ether oxygens (including phenoxy) is 1. The molecule has 4 heteroatoms. The number of carbonyl (C=O) groups excluding carboxylic acids is 1. The van der Waals surface area contributed by atoms with Crippen LogP contribution in [0.4, 0.5) is 0 Å². The van der Waals surface area contributed by atoms with Crippen LogP contribution in [0.2, 0.25) is 0 Å². The highest BCUT2D eigenvalue weighted by Crippen LogP contribution is 2.01. The summed E-state index contributed by atoms with van der Waals surface area (Å²) < 4.78 is 4.38. The second kappa shape index (κ2) is 6.62. The minimum atomic E-state index is -0.592. The van der Waals surface area contributed by atoms with E-state index in [0.29, 0.717) is 12.8 Å². The number of nitrogens with two attached hydrogens (primary N) is 1. The topological polar surface area (TPSA) is 72.5 Å². The molecule has 0 aromatic carbocycles. The zero-order valence-electron chi connectivity index (χ0n) is 8.06. The summed E-state index contributed by atoms with van der Waals surface area (Å²) in [5, 5.41) is 9.37. The van der Waals surface area contributed by atoms with Gasteiger partial charge in [-0.15, -0.1) is 0 Å². The number of esters is 1. The van der Waals surface area contributed by atoms with Crippen molar-refractivity contribution in [3.05, 3.63) is 12.2 Å². The van der Waals surface area contributed by atoms with E-state index in [9.17, 15) is 9.90 Å². The lowest BCUT2D eigenvalue weighted by Crippen LogP contribution is -2.33. The number of methoxy groups -OCH3 is 1. The molecule has 0 aliphatic carbocycles. The van der Waals surface area contributed by atoms with E-state index in [1.165, 1.54) is 13.2 Å². The van der Waals surface area contributed by atoms with Crippen LogP contribution in [-0.4, -0.2) is 30.3 Å². The Morgan fingerprint density at radius 3 is 2.77 bits per heavy atom. The molecule has 0 aromatic heterocycles. The SMILES string of the molecule is CC[C@H](N)[C@@H](O)C/C=C/C(=O)OC. The summed E-state index contributed by atoms with van der Waals surface area (Å²) in [5.74, 6) is -0.419. The van der Waals surface area contributed by atoms with Gasteiger partial charge >= 0.3 is 5.97 Å². The standard InChI is InChI=1S/C9H17NO3/c1-3-7(10)8(11)5-4-6-9(12)13-2/h4,6-8,11H,3,5,10H2,1-2H3/b6-4+/t7-,8-/m0/s1. The zero-order chi connectivity index (χ0) is 10.3. The third-order valence-corrected chi connectivity index (χ3v) is 1.80. The van der Waals surface area contributed by atoms with E-state index in [0.717, 1.165) is 0 Å². The minimum Gasteiger partial charge on any atom is -0.466 e. The van der Waals surface area contributed by atoms with Gasteiger partial charge in [-0.1, -0.05) is 13.0 Å². The van der Waals surface area contributed by atoms with Gasteiger partial charge in [-0.05, 0) is 12.8 Å². The predicted molar refractivity (Wildman–Crippen MR) is 50.0 cm³/mol. The average Bonchev–Trinajstić information content (AvgIpc) is 2.15. The van der Waals surface area contributed by atoms with Crippen LogP contribution in [0.1, 0.15) is 19.8 Å². The summed E-state index contributed by atoms with van der Waals surface area (Å²) in [5.41, 5.74) is 5.57. The first kappa shape index (κ1) is 12.1. The lowest BCUT2D eigenvalue weighted by Gasteiger charge is -2.14. The van der Waals surface area contributed by atoms with E-state index >= 15 is 0 Å². The highest BCUT2D eigenvalue weighted by atomic mass is 16.5. The highest BCUT2D eigenvalue weighted by Gasteiger charge is 2.10. The van der Waals surface area contributed by atoms with Gasteiger partial charge in [0.25, 0.3) is 0 Å². The molecule has 76 valence electrons. The van der Waals surface area contributed by atoms with Crippen molar-refractivity contribution >= 4 is 5.97 Å². The summed E-state index contributed by atoms with van der Waals surface area (Å²) in [4.78, 5) is 10.6. The van der Waals surface area contributed by atoms with Crippen molar-refractivity contribution in [3.8, 4) is 0 Å². The smallest absolute Gasteiger partial charge is 0.330 e. The van der Waals surface area contributed by atoms with Crippen molar-refractivity contribution in [2.24, 2.45) is 5.73 Å². The molecule has 0 unspecified atom stereocenters. The molecular weight excluding hydrogens is 170 g/mol. The quantitative estimate of drug-likeness (QED) is 0.476. The lowest BCUT2D eigenvalue weighted by molar-refractivity contribution is -0.134. The molecule has 0 aliphatic heterocycles. The molecule has 0 spiro atoms. The van der Waals surface area contributed by atoms with Gasteiger partial charge in [0.1, 0.15) is 0 Å². The number of carbonyl (C=O) groups is 1. The van der Waals surface area contributed by atoms with Crippen LogP contribution in [0, 0.1) is 0 Å². The summed E-state index contributed by atoms with van der Waals surface area (Å²) in [6.45, 7) is 1.90. The van der Waals surface area contributed by atoms with Crippen molar-refractivity contribution in [1.82, 2.24) is 0 Å². The number of hydrogen-bond acceptors (Lipinski definition) is 4. The Bertz CT molecular complexity index is 180. The maximum atomic E-state index is 10.6. The van der Waals surface area contributed by atoms with Crippen LogP contribution < -0.4 is 5.73 Å². The third kappa shape index (κ3) is 5.38. The Morgan fingerprint density at radius 1 is 1.69 bits per heavy atom. The van der Waals surface area contributed by atoms with Gasteiger partial charge in [-0.25, -0.2) is 4.79 Å². The van der Waals surface area contributed by atoms with E-state index < -0.39 is 12.1 Å². The fourth-order valence-electron chi connectivity index (χ4n) is 0.819. The van der Waals surface area contributed by atoms with Crippen molar-refractivity contribution in [1.29, 1.82) is 0 Å². The van der Waals surface area contributed by atoms with Crippen LogP contribution in [-0.2, 0) is 9.53 Å². The number of aliphatic hydroxyl groups is 1. The maximum Gasteiger partial charge on any atom is 0.330 e. The summed E-state index contributed by atoms with van der Waals surface area (Å²) in [6.07, 6.45) is 3.35. The van der Waals surface area contributed by atoms with Crippen molar-refractivity contribution in [2.75, 3.05) is 7.11 Å². The highest BCUT2D eigenvalue weighted by molar-refractivity contribution is 5.81. The Morgan fingerprint density at radius 2 is 2.31 bits per heavy atom. The van der Waals surface area contributed by atoms with E-state index in [2.05, 4.69) is 4.74 Å². The van der Waals surface area contributed by atoms with Crippen molar-refractivity contribution < 1.29 is 14.6 Å². The van der Waals surface area contributed by atoms with Crippen molar-refractivity contribution in [2.45, 2.75) is 31.9 Å². The number of hydrogen-bond donors (Lipinski definition) is 2. The fourth-order valence-corrected chi connectivity index (χ4v) is 0.819. The predicted octanol–water partition coefficient (Wildman–Crippen LogP) is 0.204. The van der Waals surface area contributed by atoms with Gasteiger partial charge in [-0.3, -0.25) is 0 Å². The lowest BCUT2D eigenvalue weighted by atomic mass is 10.1. The van der Waals surface area contributed by atoms with E-state index in [-0.39, 0.29) is 6.04 Å². The van der Waals surface area contributed by atoms with Gasteiger partial charge in [0.15, 0.2) is 0 Å². The second-order valence-corrected chi connectivity index (χ2v) is 2.80. The van der Waals surface area contributed by atoms with Crippen LogP contribution in [0.15, 0.2) is 12.2 Å². The van der Waals surface area contributed by atoms with Crippen LogP contribution in [0.25, 0.3) is 0 Å². The normalized spacial score (nSPS) is 15.7. The van der Waals surface area contributed by atoms with Crippen LogP contribution in [0.3, 0.4) is 0 Å². The van der Waals surface area contributed by atoms with E-state index in [1.807, 2.05) is 6.92 Å². The average molecular weight is 187 g/mol. The van der Waals surface area contributed by atoms with Crippen molar-refractivity contribution in [3.63, 3.8) is 0 Å². The molecular formula is C9H17NO3.